The molecule has 0 aliphatic carbocycles. The molecule has 5 rings (SSSR count). The molecule has 2 aromatic carbocycles. The van der Waals surface area contributed by atoms with Crippen LogP contribution in [0, 0.1) is 12.8 Å². The Morgan fingerprint density at radius 1 is 1.16 bits per heavy atom. The van der Waals surface area contributed by atoms with Gasteiger partial charge in [0.05, 0.1) is 11.5 Å². The predicted molar refractivity (Wildman–Crippen MR) is 133 cm³/mol. The van der Waals surface area contributed by atoms with Crippen LogP contribution in [0.1, 0.15) is 41.4 Å². The van der Waals surface area contributed by atoms with Crippen LogP contribution in [0.4, 0.5) is 13.2 Å². The summed E-state index contributed by atoms with van der Waals surface area (Å²) in [4.78, 5) is 29.7. The zero-order chi connectivity index (χ0) is 27.4. The molecule has 0 radical (unpaired) electrons. The maximum atomic E-state index is 13.3. The number of aryl methyl sites for hydroxylation is 1. The molecule has 11 heteroatoms. The molecule has 4 aromatic rings. The number of carbonyl (C=O) groups is 2. The number of benzene rings is 2. The molecule has 38 heavy (non-hydrogen) atoms. The highest BCUT2D eigenvalue weighted by Crippen LogP contribution is 2.34. The van der Waals surface area contributed by atoms with Crippen molar-refractivity contribution in [3.05, 3.63) is 59.3 Å². The number of alkyl halides is 3. The largest absolute Gasteiger partial charge is 0.481 e. The lowest BCUT2D eigenvalue weighted by Gasteiger charge is -2.36. The zero-order valence-corrected chi connectivity index (χ0v) is 20.9. The first-order chi connectivity index (χ1) is 17.9. The molecule has 1 aliphatic rings. The summed E-state index contributed by atoms with van der Waals surface area (Å²) in [6, 6.07) is 10.4. The van der Waals surface area contributed by atoms with Crippen molar-refractivity contribution >= 4 is 22.7 Å². The Morgan fingerprint density at radius 3 is 2.53 bits per heavy atom. The van der Waals surface area contributed by atoms with E-state index in [0.717, 1.165) is 16.7 Å². The quantitative estimate of drug-likeness (QED) is 0.317. The second kappa shape index (κ2) is 9.39. The highest BCUT2D eigenvalue weighted by Gasteiger charge is 2.41. The first-order valence-electron chi connectivity index (χ1n) is 12.1. The molecule has 1 N–H and O–H groups in total. The number of halogens is 3. The number of carbonyl (C=O) groups excluding carboxylic acids is 1. The zero-order valence-electron chi connectivity index (χ0n) is 20.9. The smallest absolute Gasteiger partial charge is 0.454 e. The van der Waals surface area contributed by atoms with Gasteiger partial charge in [-0.2, -0.15) is 18.2 Å². The Labute approximate surface area is 215 Å². The Hall–Kier alpha value is -3.99. The Morgan fingerprint density at radius 2 is 1.89 bits per heavy atom. The molecule has 8 nitrogen and oxygen atoms in total. The molecule has 0 saturated carbocycles. The van der Waals surface area contributed by atoms with Gasteiger partial charge in [-0.25, -0.2) is 0 Å². The van der Waals surface area contributed by atoms with Crippen molar-refractivity contribution in [2.24, 2.45) is 5.92 Å². The van der Waals surface area contributed by atoms with E-state index in [9.17, 15) is 22.8 Å². The number of hydrogen-bond acceptors (Lipinski definition) is 6. The summed E-state index contributed by atoms with van der Waals surface area (Å²) in [6.07, 6.45) is -3.76. The first-order valence-corrected chi connectivity index (χ1v) is 12.1. The summed E-state index contributed by atoms with van der Waals surface area (Å²) in [6.45, 7) is 7.22. The van der Waals surface area contributed by atoms with E-state index < -0.39 is 23.5 Å². The second-order valence-electron chi connectivity index (χ2n) is 9.90. The molecule has 198 valence electrons. The van der Waals surface area contributed by atoms with Gasteiger partial charge in [0.1, 0.15) is 0 Å². The van der Waals surface area contributed by atoms with Gasteiger partial charge >= 0.3 is 12.1 Å². The molecular weight excluding hydrogens is 501 g/mol. The van der Waals surface area contributed by atoms with E-state index in [2.05, 4.69) is 15.0 Å². The molecule has 2 aromatic heterocycles. The minimum Gasteiger partial charge on any atom is -0.481 e. The summed E-state index contributed by atoms with van der Waals surface area (Å²) in [5.74, 6) is -2.56. The van der Waals surface area contributed by atoms with E-state index in [1.165, 1.54) is 12.3 Å². The van der Waals surface area contributed by atoms with Crippen LogP contribution in [0.15, 0.2) is 47.1 Å². The molecule has 0 amide bonds. The number of carboxylic acids is 1. The van der Waals surface area contributed by atoms with Crippen molar-refractivity contribution in [3.63, 3.8) is 0 Å². The van der Waals surface area contributed by atoms with E-state index >= 15 is 0 Å². The Bertz CT molecular complexity index is 1550. The minimum atomic E-state index is -5.00. The number of aliphatic carboxylic acids is 1. The fourth-order valence-corrected chi connectivity index (χ4v) is 4.79. The Kier molecular flexibility index (Phi) is 6.34. The van der Waals surface area contributed by atoms with Gasteiger partial charge in [0.15, 0.2) is 0 Å². The van der Waals surface area contributed by atoms with Crippen LogP contribution in [0.25, 0.3) is 33.7 Å². The molecule has 3 heterocycles. The van der Waals surface area contributed by atoms with Gasteiger partial charge in [0.2, 0.25) is 5.82 Å². The second-order valence-corrected chi connectivity index (χ2v) is 9.90. The normalized spacial score (nSPS) is 14.8. The number of likely N-dealkylation sites (tertiary alicyclic amines) is 1. The highest BCUT2D eigenvalue weighted by atomic mass is 19.4. The van der Waals surface area contributed by atoms with Gasteiger partial charge in [-0.3, -0.25) is 14.5 Å². The monoisotopic (exact) mass is 526 g/mol. The lowest BCUT2D eigenvalue weighted by atomic mass is 9.98. The maximum Gasteiger partial charge on any atom is 0.454 e. The van der Waals surface area contributed by atoms with E-state index in [-0.39, 0.29) is 23.2 Å². The van der Waals surface area contributed by atoms with E-state index in [0.29, 0.717) is 36.5 Å². The highest BCUT2D eigenvalue weighted by molar-refractivity contribution is 6.11. The minimum absolute atomic E-state index is 0.119. The van der Waals surface area contributed by atoms with Gasteiger partial charge in [0.25, 0.3) is 11.7 Å². The van der Waals surface area contributed by atoms with Crippen molar-refractivity contribution in [3.8, 4) is 22.8 Å². The lowest BCUT2D eigenvalue weighted by molar-refractivity contribution is -0.147. The number of Topliss-reactive ketones (excluding diaryl/α,β-unsaturated/α-hetero) is 1. The average Bonchev–Trinajstić information content (AvgIpc) is 3.45. The van der Waals surface area contributed by atoms with Crippen LogP contribution in [-0.4, -0.2) is 55.7 Å². The van der Waals surface area contributed by atoms with Gasteiger partial charge in [-0.15, -0.1) is 0 Å². The summed E-state index contributed by atoms with van der Waals surface area (Å²) in [7, 11) is 0. The van der Waals surface area contributed by atoms with Crippen LogP contribution in [-0.2, 0) is 11.3 Å². The third-order valence-electron chi connectivity index (χ3n) is 6.81. The number of fused-ring (bicyclic) bond motifs is 1. The predicted octanol–water partition coefficient (Wildman–Crippen LogP) is 5.51. The summed E-state index contributed by atoms with van der Waals surface area (Å²) < 4.78 is 46.9. The number of ketones is 1. The van der Waals surface area contributed by atoms with Gasteiger partial charge in [-0.1, -0.05) is 23.4 Å². The van der Waals surface area contributed by atoms with Crippen LogP contribution in [0.3, 0.4) is 0 Å². The van der Waals surface area contributed by atoms with Gasteiger partial charge < -0.3 is 14.2 Å². The van der Waals surface area contributed by atoms with Crippen LogP contribution >= 0.6 is 0 Å². The average molecular weight is 527 g/mol. The van der Waals surface area contributed by atoms with Gasteiger partial charge in [0, 0.05) is 53.9 Å². The first kappa shape index (κ1) is 25.7. The number of nitrogens with zero attached hydrogens (tertiary/aromatic N) is 4. The van der Waals surface area contributed by atoms with Crippen molar-refractivity contribution in [2.75, 3.05) is 13.1 Å². The molecular formula is C27H25F3N4O4. The summed E-state index contributed by atoms with van der Waals surface area (Å²) >= 11 is 0. The molecule has 1 saturated heterocycles. The van der Waals surface area contributed by atoms with Crippen LogP contribution < -0.4 is 0 Å². The standard InChI is InChI=1S/C27H25F3N4O4/c1-14(2)34-13-21(23(35)27(28,29)30)20-9-17(5-7-22(20)34)25-31-24(32-38-25)19-6-4-16(8-15(19)3)10-33-11-18(12-33)26(36)37/h4-9,13-14,18H,10-12H2,1-3H3,(H,36,37). The SMILES string of the molecule is Cc1cc(CN2CC(C(=O)O)C2)ccc1-c1noc(-c2ccc3c(c2)c(C(=O)C(F)(F)F)cn3C(C)C)n1. The summed E-state index contributed by atoms with van der Waals surface area (Å²) in [5, 5.41) is 13.3. The van der Waals surface area contributed by atoms with Crippen molar-refractivity contribution in [1.82, 2.24) is 19.6 Å². The van der Waals surface area contributed by atoms with Crippen LogP contribution in [0.2, 0.25) is 0 Å². The fraction of sp³-hybridized carbons (Fsp3) is 0.333. The molecule has 1 aliphatic heterocycles. The van der Waals surface area contributed by atoms with Gasteiger partial charge in [-0.05, 0) is 50.1 Å². The van der Waals surface area contributed by atoms with E-state index in [1.54, 1.807) is 16.7 Å². The third kappa shape index (κ3) is 4.69. The van der Waals surface area contributed by atoms with Crippen molar-refractivity contribution in [2.45, 2.75) is 39.5 Å². The summed E-state index contributed by atoms with van der Waals surface area (Å²) in [5.41, 5.74) is 3.13. The van der Waals surface area contributed by atoms with Crippen molar-refractivity contribution < 1.29 is 32.4 Å². The third-order valence-corrected chi connectivity index (χ3v) is 6.81. The topological polar surface area (TPSA) is 101 Å². The fourth-order valence-electron chi connectivity index (χ4n) is 4.79. The number of carboxylic acid groups (broad SMARTS) is 1. The Balaban J connectivity index is 1.42. The number of aromatic nitrogens is 3. The molecule has 0 bridgehead atoms. The number of hydrogen-bond donors (Lipinski definition) is 1. The molecule has 0 unspecified atom stereocenters. The van der Waals surface area contributed by atoms with Crippen molar-refractivity contribution in [1.29, 1.82) is 0 Å². The number of rotatable bonds is 7. The van der Waals surface area contributed by atoms with E-state index in [4.69, 9.17) is 9.63 Å². The molecule has 0 atom stereocenters. The molecule has 1 fully saturated rings. The van der Waals surface area contributed by atoms with Crippen LogP contribution in [0.5, 0.6) is 0 Å². The lowest BCUT2D eigenvalue weighted by Crippen LogP contribution is -2.49. The molecule has 0 spiro atoms. The maximum absolute atomic E-state index is 13.3. The van der Waals surface area contributed by atoms with E-state index in [1.807, 2.05) is 39.0 Å².